The van der Waals surface area contributed by atoms with E-state index in [1.807, 2.05) is 6.92 Å². The smallest absolute Gasteiger partial charge is 0.246 e. The molecule has 21 heavy (non-hydrogen) atoms. The van der Waals surface area contributed by atoms with E-state index in [4.69, 9.17) is 0 Å². The van der Waals surface area contributed by atoms with Crippen LogP contribution < -0.4 is 5.32 Å². The zero-order valence-corrected chi connectivity index (χ0v) is 14.5. The van der Waals surface area contributed by atoms with Gasteiger partial charge in [0.2, 0.25) is 5.91 Å². The molecule has 2 heteroatoms. The second-order valence-corrected chi connectivity index (χ2v) is 6.10. The molecule has 0 fully saturated rings. The Labute approximate surface area is 132 Å². The number of carbonyl (C=O) groups is 1. The maximum atomic E-state index is 11.5. The van der Waals surface area contributed by atoms with Gasteiger partial charge in [0.05, 0.1) is 0 Å². The van der Waals surface area contributed by atoms with E-state index in [1.165, 1.54) is 70.6 Å². The van der Waals surface area contributed by atoms with E-state index < -0.39 is 0 Å². The van der Waals surface area contributed by atoms with Crippen LogP contribution in [0.2, 0.25) is 0 Å². The highest BCUT2D eigenvalue weighted by atomic mass is 16.1. The molecule has 0 atom stereocenters. The third-order valence-electron chi connectivity index (χ3n) is 4.06. The molecule has 0 aromatic carbocycles. The second-order valence-electron chi connectivity index (χ2n) is 6.10. The number of carbonyl (C=O) groups excluding carboxylic acids is 1. The Morgan fingerprint density at radius 1 is 0.762 bits per heavy atom. The summed E-state index contributed by atoms with van der Waals surface area (Å²) in [5.41, 5.74) is 0.689. The van der Waals surface area contributed by atoms with Crippen LogP contribution in [0.4, 0.5) is 0 Å². The van der Waals surface area contributed by atoms with Crippen molar-refractivity contribution in [3.05, 3.63) is 12.2 Å². The van der Waals surface area contributed by atoms with Crippen LogP contribution in [0.15, 0.2) is 12.2 Å². The Kier molecular flexibility index (Phi) is 15.0. The minimum absolute atomic E-state index is 0.0283. The molecule has 0 aromatic rings. The summed E-state index contributed by atoms with van der Waals surface area (Å²) in [7, 11) is 0. The minimum Gasteiger partial charge on any atom is -0.352 e. The van der Waals surface area contributed by atoms with Gasteiger partial charge >= 0.3 is 0 Å². The average Bonchev–Trinajstić information content (AvgIpc) is 2.50. The van der Waals surface area contributed by atoms with Crippen molar-refractivity contribution >= 4 is 5.91 Å². The molecular formula is C19H37NO. The van der Waals surface area contributed by atoms with Crippen molar-refractivity contribution in [2.24, 2.45) is 0 Å². The van der Waals surface area contributed by atoms with Crippen LogP contribution in [-0.2, 0) is 4.79 Å². The van der Waals surface area contributed by atoms with Crippen LogP contribution in [0.3, 0.4) is 0 Å². The van der Waals surface area contributed by atoms with Crippen LogP contribution in [0.1, 0.15) is 97.3 Å². The SMILES string of the molecule is C=C(CC)C(=O)NCCCCCCCCCCCCCC. The summed E-state index contributed by atoms with van der Waals surface area (Å²) in [6.45, 7) is 8.78. The molecule has 1 N–H and O–H groups in total. The van der Waals surface area contributed by atoms with Gasteiger partial charge in [-0.1, -0.05) is 91.1 Å². The summed E-state index contributed by atoms with van der Waals surface area (Å²) in [4.78, 5) is 11.5. The fraction of sp³-hybridized carbons (Fsp3) is 0.842. The lowest BCUT2D eigenvalue weighted by Crippen LogP contribution is -2.25. The molecule has 0 saturated carbocycles. The number of hydrogen-bond donors (Lipinski definition) is 1. The highest BCUT2D eigenvalue weighted by Crippen LogP contribution is 2.11. The fourth-order valence-corrected chi connectivity index (χ4v) is 2.45. The number of amides is 1. The summed E-state index contributed by atoms with van der Waals surface area (Å²) in [6.07, 6.45) is 16.9. The maximum Gasteiger partial charge on any atom is 0.246 e. The molecular weight excluding hydrogens is 258 g/mol. The lowest BCUT2D eigenvalue weighted by molar-refractivity contribution is -0.117. The van der Waals surface area contributed by atoms with Gasteiger partial charge in [0.1, 0.15) is 0 Å². The molecule has 0 aliphatic rings. The van der Waals surface area contributed by atoms with Crippen LogP contribution in [-0.4, -0.2) is 12.5 Å². The van der Waals surface area contributed by atoms with Gasteiger partial charge in [-0.3, -0.25) is 4.79 Å². The average molecular weight is 296 g/mol. The highest BCUT2D eigenvalue weighted by Gasteiger charge is 2.02. The third-order valence-corrected chi connectivity index (χ3v) is 4.06. The summed E-state index contributed by atoms with van der Waals surface area (Å²) >= 11 is 0. The molecule has 0 aliphatic carbocycles. The predicted molar refractivity (Wildman–Crippen MR) is 93.5 cm³/mol. The van der Waals surface area contributed by atoms with Crippen LogP contribution in [0.5, 0.6) is 0 Å². The number of unbranched alkanes of at least 4 members (excludes halogenated alkanes) is 11. The molecule has 2 nitrogen and oxygen atoms in total. The summed E-state index contributed by atoms with van der Waals surface area (Å²) in [5.74, 6) is 0.0283. The van der Waals surface area contributed by atoms with Gasteiger partial charge in [0, 0.05) is 12.1 Å². The first-order chi connectivity index (χ1) is 10.2. The van der Waals surface area contributed by atoms with Crippen molar-refractivity contribution in [2.75, 3.05) is 6.54 Å². The van der Waals surface area contributed by atoms with Gasteiger partial charge in [-0.2, -0.15) is 0 Å². The number of rotatable bonds is 15. The topological polar surface area (TPSA) is 29.1 Å². The van der Waals surface area contributed by atoms with Gasteiger partial charge in [0.15, 0.2) is 0 Å². The Hall–Kier alpha value is -0.790. The second kappa shape index (κ2) is 15.6. The van der Waals surface area contributed by atoms with E-state index in [-0.39, 0.29) is 5.91 Å². The van der Waals surface area contributed by atoms with Crippen molar-refractivity contribution < 1.29 is 4.79 Å². The largest absolute Gasteiger partial charge is 0.352 e. The van der Waals surface area contributed by atoms with Crippen molar-refractivity contribution in [2.45, 2.75) is 97.3 Å². The molecule has 0 spiro atoms. The molecule has 1 amide bonds. The number of hydrogen-bond acceptors (Lipinski definition) is 1. The van der Waals surface area contributed by atoms with Crippen molar-refractivity contribution in [3.8, 4) is 0 Å². The Morgan fingerprint density at radius 2 is 1.19 bits per heavy atom. The van der Waals surface area contributed by atoms with Gasteiger partial charge in [-0.05, 0) is 12.8 Å². The first-order valence-corrected chi connectivity index (χ1v) is 9.18. The Balaban J connectivity index is 3.12. The number of nitrogens with one attached hydrogen (secondary N) is 1. The quantitative estimate of drug-likeness (QED) is 0.301. The first kappa shape index (κ1) is 20.2. The maximum absolute atomic E-state index is 11.5. The van der Waals surface area contributed by atoms with E-state index in [2.05, 4.69) is 18.8 Å². The van der Waals surface area contributed by atoms with E-state index in [0.29, 0.717) is 5.57 Å². The van der Waals surface area contributed by atoms with Crippen molar-refractivity contribution in [1.29, 1.82) is 0 Å². The zero-order chi connectivity index (χ0) is 15.8. The molecule has 0 rings (SSSR count). The van der Waals surface area contributed by atoms with E-state index in [0.717, 1.165) is 19.4 Å². The molecule has 0 aromatic heterocycles. The standard InChI is InChI=1S/C19H37NO/c1-4-6-7-8-9-10-11-12-13-14-15-16-17-20-19(21)18(3)5-2/h3-17H2,1-2H3,(H,20,21). The predicted octanol–water partition coefficient (Wildman–Crippen LogP) is 5.77. The molecule has 0 radical (unpaired) electrons. The zero-order valence-electron chi connectivity index (χ0n) is 14.5. The first-order valence-electron chi connectivity index (χ1n) is 9.18. The van der Waals surface area contributed by atoms with Gasteiger partial charge in [-0.25, -0.2) is 0 Å². The molecule has 0 bridgehead atoms. The molecule has 0 saturated heterocycles. The summed E-state index contributed by atoms with van der Waals surface area (Å²) in [5, 5.41) is 2.93. The van der Waals surface area contributed by atoms with E-state index in [9.17, 15) is 4.79 Å². The molecule has 0 heterocycles. The fourth-order valence-electron chi connectivity index (χ4n) is 2.45. The third kappa shape index (κ3) is 13.9. The highest BCUT2D eigenvalue weighted by molar-refractivity contribution is 5.92. The van der Waals surface area contributed by atoms with Gasteiger partial charge in [-0.15, -0.1) is 0 Å². The van der Waals surface area contributed by atoms with Crippen molar-refractivity contribution in [3.63, 3.8) is 0 Å². The normalized spacial score (nSPS) is 10.6. The Morgan fingerprint density at radius 3 is 1.62 bits per heavy atom. The monoisotopic (exact) mass is 295 g/mol. The summed E-state index contributed by atoms with van der Waals surface area (Å²) in [6, 6.07) is 0. The molecule has 0 unspecified atom stereocenters. The van der Waals surface area contributed by atoms with Gasteiger partial charge in [0.25, 0.3) is 0 Å². The van der Waals surface area contributed by atoms with Crippen LogP contribution in [0.25, 0.3) is 0 Å². The lowest BCUT2D eigenvalue weighted by atomic mass is 10.1. The molecule has 0 aliphatic heterocycles. The summed E-state index contributed by atoms with van der Waals surface area (Å²) < 4.78 is 0. The minimum atomic E-state index is 0.0283. The van der Waals surface area contributed by atoms with E-state index >= 15 is 0 Å². The van der Waals surface area contributed by atoms with Crippen molar-refractivity contribution in [1.82, 2.24) is 5.32 Å². The van der Waals surface area contributed by atoms with Crippen LogP contribution in [0, 0.1) is 0 Å². The van der Waals surface area contributed by atoms with Gasteiger partial charge < -0.3 is 5.32 Å². The Bertz CT molecular complexity index is 260. The van der Waals surface area contributed by atoms with Crippen LogP contribution >= 0.6 is 0 Å². The lowest BCUT2D eigenvalue weighted by Gasteiger charge is -2.06. The molecule has 124 valence electrons. The van der Waals surface area contributed by atoms with E-state index in [1.54, 1.807) is 0 Å².